The number of anilines is 2. The molecule has 3 aromatic rings. The zero-order valence-electron chi connectivity index (χ0n) is 21.1. The van der Waals surface area contributed by atoms with Crippen molar-refractivity contribution in [2.45, 2.75) is 26.4 Å². The second kappa shape index (κ2) is 12.4. The summed E-state index contributed by atoms with van der Waals surface area (Å²) in [7, 11) is 0. The molecule has 0 saturated carbocycles. The van der Waals surface area contributed by atoms with Gasteiger partial charge in [-0.25, -0.2) is 14.6 Å². The first kappa shape index (κ1) is 27.7. The number of hydrogen-bond acceptors (Lipinski definition) is 12. The van der Waals surface area contributed by atoms with Crippen molar-refractivity contribution in [3.8, 4) is 11.9 Å². The van der Waals surface area contributed by atoms with E-state index >= 15 is 0 Å². The molecule has 14 heteroatoms. The Bertz CT molecular complexity index is 1340. The third kappa shape index (κ3) is 7.80. The van der Waals surface area contributed by atoms with Crippen LogP contribution in [0.1, 0.15) is 26.3 Å². The van der Waals surface area contributed by atoms with Crippen LogP contribution in [-0.2, 0) is 14.3 Å². The summed E-state index contributed by atoms with van der Waals surface area (Å²) < 4.78 is 10.4. The quantitative estimate of drug-likeness (QED) is 0.130. The van der Waals surface area contributed by atoms with E-state index < -0.39 is 17.7 Å². The molecule has 1 amide bonds. The van der Waals surface area contributed by atoms with E-state index in [0.717, 1.165) is 5.69 Å². The average Bonchev–Trinajstić information content (AvgIpc) is 3.33. The molecule has 0 atom stereocenters. The van der Waals surface area contributed by atoms with E-state index in [4.69, 9.17) is 20.0 Å². The van der Waals surface area contributed by atoms with Crippen LogP contribution >= 0.6 is 0 Å². The molecule has 0 unspecified atom stereocenters. The van der Waals surface area contributed by atoms with Gasteiger partial charge in [0.25, 0.3) is 5.88 Å². The van der Waals surface area contributed by atoms with Crippen molar-refractivity contribution >= 4 is 40.9 Å². The first-order valence-corrected chi connectivity index (χ1v) is 11.5. The van der Waals surface area contributed by atoms with Crippen LogP contribution in [0.4, 0.5) is 16.4 Å². The predicted octanol–water partition coefficient (Wildman–Crippen LogP) is 1.70. The molecule has 3 rings (SSSR count). The Morgan fingerprint density at radius 2 is 1.97 bits per heavy atom. The molecule has 200 valence electrons. The van der Waals surface area contributed by atoms with Crippen LogP contribution in [-0.4, -0.2) is 69.0 Å². The van der Waals surface area contributed by atoms with E-state index in [1.54, 1.807) is 49.9 Å². The number of hydrogen-bond donors (Lipinski definition) is 4. The lowest BCUT2D eigenvalue weighted by Gasteiger charge is -2.24. The summed E-state index contributed by atoms with van der Waals surface area (Å²) in [6, 6.07) is 8.80. The molecule has 1 aromatic carbocycles. The normalized spacial score (nSPS) is 11.5. The van der Waals surface area contributed by atoms with Crippen LogP contribution in [0, 0.1) is 11.3 Å². The molecule has 5 N–H and O–H groups in total. The van der Waals surface area contributed by atoms with Gasteiger partial charge in [-0.1, -0.05) is 12.1 Å². The Hall–Kier alpha value is -4.90. The smallest absolute Gasteiger partial charge is 0.440 e. The maximum atomic E-state index is 12.2. The Morgan fingerprint density at radius 3 is 2.63 bits per heavy atom. The molecule has 0 aliphatic heterocycles. The van der Waals surface area contributed by atoms with E-state index in [1.165, 1.54) is 12.4 Å². The van der Waals surface area contributed by atoms with Crippen molar-refractivity contribution in [2.75, 3.05) is 36.9 Å². The zero-order chi connectivity index (χ0) is 27.7. The van der Waals surface area contributed by atoms with Crippen LogP contribution in [0.5, 0.6) is 5.88 Å². The SMILES string of the molecule is CC(C)(C)OC(=O)/C(C#N)=C/c1ccc(N(CCO)CCOC(=O)NOc2nc(N)nc3[nH]cnc23)cc1. The number of hydroxylamine groups is 1. The molecule has 0 fully saturated rings. The van der Waals surface area contributed by atoms with Gasteiger partial charge in [-0.3, -0.25) is 0 Å². The number of esters is 1. The fourth-order valence-electron chi connectivity index (χ4n) is 3.17. The Labute approximate surface area is 218 Å². The molecule has 2 aromatic heterocycles. The number of benzene rings is 1. The minimum absolute atomic E-state index is 0.0300. The maximum absolute atomic E-state index is 12.2. The number of amides is 1. The fourth-order valence-corrected chi connectivity index (χ4v) is 3.17. The minimum atomic E-state index is -0.874. The average molecular weight is 525 g/mol. The number of imidazole rings is 1. The largest absolute Gasteiger partial charge is 0.456 e. The predicted molar refractivity (Wildman–Crippen MR) is 136 cm³/mol. The lowest BCUT2D eigenvalue weighted by Crippen LogP contribution is -2.34. The number of aromatic nitrogens is 4. The number of nitrogens with zero attached hydrogens (tertiary/aromatic N) is 5. The fraction of sp³-hybridized carbons (Fsp3) is 0.333. The number of fused-ring (bicyclic) bond motifs is 1. The van der Waals surface area contributed by atoms with Crippen LogP contribution < -0.4 is 21.0 Å². The molecule has 0 aliphatic carbocycles. The number of nitriles is 1. The number of aliphatic hydroxyl groups excluding tert-OH is 1. The highest BCUT2D eigenvalue weighted by Crippen LogP contribution is 2.20. The third-order valence-corrected chi connectivity index (χ3v) is 4.77. The number of aliphatic hydroxyl groups is 1. The molecule has 0 spiro atoms. The number of nitrogen functional groups attached to an aromatic ring is 1. The van der Waals surface area contributed by atoms with Crippen LogP contribution in [0.25, 0.3) is 17.2 Å². The molecule has 0 saturated heterocycles. The molecule has 0 radical (unpaired) electrons. The van der Waals surface area contributed by atoms with Crippen LogP contribution in [0.3, 0.4) is 0 Å². The highest BCUT2D eigenvalue weighted by molar-refractivity contribution is 5.98. The Balaban J connectivity index is 1.55. The monoisotopic (exact) mass is 524 g/mol. The van der Waals surface area contributed by atoms with Gasteiger partial charge in [0.1, 0.15) is 23.9 Å². The summed E-state index contributed by atoms with van der Waals surface area (Å²) in [5.74, 6) is -0.822. The topological polar surface area (TPSA) is 202 Å². The number of nitrogens with one attached hydrogen (secondary N) is 2. The Morgan fingerprint density at radius 1 is 1.24 bits per heavy atom. The van der Waals surface area contributed by atoms with Crippen LogP contribution in [0.15, 0.2) is 36.2 Å². The summed E-state index contributed by atoms with van der Waals surface area (Å²) in [5, 5.41) is 18.8. The van der Waals surface area contributed by atoms with E-state index in [-0.39, 0.29) is 49.2 Å². The molecule has 0 bridgehead atoms. The van der Waals surface area contributed by atoms with E-state index in [0.29, 0.717) is 11.2 Å². The third-order valence-electron chi connectivity index (χ3n) is 4.77. The highest BCUT2D eigenvalue weighted by Gasteiger charge is 2.20. The lowest BCUT2D eigenvalue weighted by atomic mass is 10.1. The van der Waals surface area contributed by atoms with E-state index in [1.807, 2.05) is 6.07 Å². The number of carbonyl (C=O) groups is 2. The van der Waals surface area contributed by atoms with Gasteiger partial charge in [0.05, 0.1) is 19.5 Å². The van der Waals surface area contributed by atoms with Crippen LogP contribution in [0.2, 0.25) is 0 Å². The first-order valence-electron chi connectivity index (χ1n) is 11.5. The van der Waals surface area contributed by atoms with Crippen molar-refractivity contribution in [1.82, 2.24) is 25.4 Å². The van der Waals surface area contributed by atoms with Gasteiger partial charge < -0.3 is 35.0 Å². The number of H-pyrrole nitrogens is 1. The maximum Gasteiger partial charge on any atom is 0.440 e. The molecule has 14 nitrogen and oxygen atoms in total. The van der Waals surface area contributed by atoms with Gasteiger partial charge in [-0.2, -0.15) is 20.7 Å². The summed E-state index contributed by atoms with van der Waals surface area (Å²) in [5.41, 5.74) is 8.83. The second-order valence-electron chi connectivity index (χ2n) is 8.80. The van der Waals surface area contributed by atoms with Gasteiger partial charge >= 0.3 is 12.1 Å². The van der Waals surface area contributed by atoms with Gasteiger partial charge in [-0.15, -0.1) is 0 Å². The number of nitrogens with two attached hydrogens (primary N) is 1. The lowest BCUT2D eigenvalue weighted by molar-refractivity contribution is -0.149. The first-order chi connectivity index (χ1) is 18.1. The van der Waals surface area contributed by atoms with E-state index in [2.05, 4.69) is 25.4 Å². The molecular weight excluding hydrogens is 496 g/mol. The summed E-state index contributed by atoms with van der Waals surface area (Å²) >= 11 is 0. The van der Waals surface area contributed by atoms with Gasteiger partial charge in [0.2, 0.25) is 5.95 Å². The zero-order valence-corrected chi connectivity index (χ0v) is 21.1. The number of aromatic amines is 1. The second-order valence-corrected chi connectivity index (χ2v) is 8.80. The summed E-state index contributed by atoms with van der Waals surface area (Å²) in [6.07, 6.45) is 1.94. The van der Waals surface area contributed by atoms with Crippen molar-refractivity contribution < 1.29 is 29.0 Å². The molecule has 38 heavy (non-hydrogen) atoms. The Kier molecular flexibility index (Phi) is 9.01. The number of carbonyl (C=O) groups excluding carboxylic acids is 2. The highest BCUT2D eigenvalue weighted by atomic mass is 16.7. The molecule has 2 heterocycles. The van der Waals surface area contributed by atoms with Crippen molar-refractivity contribution in [1.29, 1.82) is 5.26 Å². The number of rotatable bonds is 10. The van der Waals surface area contributed by atoms with Crippen molar-refractivity contribution in [3.63, 3.8) is 0 Å². The van der Waals surface area contributed by atoms with Crippen molar-refractivity contribution in [3.05, 3.63) is 41.7 Å². The minimum Gasteiger partial charge on any atom is -0.456 e. The summed E-state index contributed by atoms with van der Waals surface area (Å²) in [6.45, 7) is 5.52. The van der Waals surface area contributed by atoms with Gasteiger partial charge in [-0.05, 0) is 44.5 Å². The molecule has 0 aliphatic rings. The number of ether oxygens (including phenoxy) is 2. The van der Waals surface area contributed by atoms with Gasteiger partial charge in [0.15, 0.2) is 11.2 Å². The standard InChI is InChI=1S/C24H28N8O6/c1-24(2,3)37-21(34)16(13-25)12-15-4-6-17(7-5-15)32(8-10-33)9-11-36-23(35)31-38-20-18-19(28-14-27-18)29-22(26)30-20/h4-7,12,14,33H,8-11H2,1-3H3,(H,31,35)(H3,26,27,28,29,30)/b16-12+. The van der Waals surface area contributed by atoms with Gasteiger partial charge in [0, 0.05) is 12.2 Å². The van der Waals surface area contributed by atoms with Crippen molar-refractivity contribution in [2.24, 2.45) is 0 Å². The molecular formula is C24H28N8O6. The summed E-state index contributed by atoms with van der Waals surface area (Å²) in [4.78, 5) is 45.8. The van der Waals surface area contributed by atoms with E-state index in [9.17, 15) is 20.0 Å².